The Hall–Kier alpha value is -0.770. The highest BCUT2D eigenvalue weighted by Crippen LogP contribution is 2.15. The zero-order chi connectivity index (χ0) is 10.6. The third-order valence-corrected chi connectivity index (χ3v) is 2.57. The Kier molecular flexibility index (Phi) is 3.75. The van der Waals surface area contributed by atoms with Crippen molar-refractivity contribution in [2.45, 2.75) is 32.7 Å². The van der Waals surface area contributed by atoms with Crippen molar-refractivity contribution in [1.82, 2.24) is 15.5 Å². The molecule has 0 aromatic heterocycles. The highest BCUT2D eigenvalue weighted by Gasteiger charge is 2.32. The maximum atomic E-state index is 11.8. The summed E-state index contributed by atoms with van der Waals surface area (Å²) in [6, 6.07) is 0.0679. The number of hydrogen-bond donors (Lipinski definition) is 2. The van der Waals surface area contributed by atoms with E-state index in [1.165, 1.54) is 0 Å². The molecular weight excluding hydrogens is 178 g/mol. The molecular formula is C10H21N3O. The third kappa shape index (κ3) is 2.61. The van der Waals surface area contributed by atoms with Crippen molar-refractivity contribution in [2.24, 2.45) is 0 Å². The van der Waals surface area contributed by atoms with Crippen LogP contribution in [0.15, 0.2) is 0 Å². The molecule has 0 radical (unpaired) electrons. The number of carbonyl (C=O) groups excluding carboxylic acids is 1. The van der Waals surface area contributed by atoms with Gasteiger partial charge in [-0.15, -0.1) is 0 Å². The maximum absolute atomic E-state index is 11.8. The first-order chi connectivity index (χ1) is 6.58. The lowest BCUT2D eigenvalue weighted by atomic mass is 10.0. The zero-order valence-corrected chi connectivity index (χ0v) is 9.39. The van der Waals surface area contributed by atoms with Crippen LogP contribution in [0.3, 0.4) is 0 Å². The highest BCUT2D eigenvalue weighted by molar-refractivity contribution is 5.75. The van der Waals surface area contributed by atoms with E-state index in [9.17, 15) is 4.79 Å². The molecule has 0 aromatic rings. The SMILES string of the molecule is CCCNC(=O)N1CCNCC1(C)C. The molecule has 0 aromatic carbocycles. The molecule has 14 heavy (non-hydrogen) atoms. The molecule has 0 saturated carbocycles. The Bertz CT molecular complexity index is 204. The molecule has 0 aliphatic carbocycles. The topological polar surface area (TPSA) is 44.4 Å². The normalized spacial score (nSPS) is 20.6. The number of nitrogens with zero attached hydrogens (tertiary/aromatic N) is 1. The van der Waals surface area contributed by atoms with Crippen LogP contribution in [0.2, 0.25) is 0 Å². The lowest BCUT2D eigenvalue weighted by molar-refractivity contribution is 0.113. The summed E-state index contributed by atoms with van der Waals surface area (Å²) in [6.45, 7) is 9.55. The van der Waals surface area contributed by atoms with Gasteiger partial charge < -0.3 is 15.5 Å². The van der Waals surface area contributed by atoms with Crippen molar-refractivity contribution in [3.63, 3.8) is 0 Å². The highest BCUT2D eigenvalue weighted by atomic mass is 16.2. The summed E-state index contributed by atoms with van der Waals surface area (Å²) >= 11 is 0. The molecule has 1 saturated heterocycles. The predicted molar refractivity (Wildman–Crippen MR) is 57.3 cm³/mol. The third-order valence-electron chi connectivity index (χ3n) is 2.57. The molecule has 0 spiro atoms. The molecule has 1 aliphatic rings. The minimum Gasteiger partial charge on any atom is -0.338 e. The summed E-state index contributed by atoms with van der Waals surface area (Å²) in [7, 11) is 0. The van der Waals surface area contributed by atoms with Crippen molar-refractivity contribution in [2.75, 3.05) is 26.2 Å². The molecule has 1 aliphatic heterocycles. The van der Waals surface area contributed by atoms with Gasteiger partial charge in [-0.3, -0.25) is 0 Å². The molecule has 0 bridgehead atoms. The summed E-state index contributed by atoms with van der Waals surface area (Å²) < 4.78 is 0. The zero-order valence-electron chi connectivity index (χ0n) is 9.39. The molecule has 4 nitrogen and oxygen atoms in total. The van der Waals surface area contributed by atoms with Crippen molar-refractivity contribution in [1.29, 1.82) is 0 Å². The van der Waals surface area contributed by atoms with Crippen LogP contribution in [0, 0.1) is 0 Å². The smallest absolute Gasteiger partial charge is 0.317 e. The van der Waals surface area contributed by atoms with E-state index in [0.29, 0.717) is 0 Å². The van der Waals surface area contributed by atoms with Crippen molar-refractivity contribution in [3.05, 3.63) is 0 Å². The van der Waals surface area contributed by atoms with Gasteiger partial charge in [0.15, 0.2) is 0 Å². The first kappa shape index (κ1) is 11.3. The van der Waals surface area contributed by atoms with Crippen molar-refractivity contribution >= 4 is 6.03 Å². The lowest BCUT2D eigenvalue weighted by Gasteiger charge is -2.42. The Morgan fingerprint density at radius 1 is 1.57 bits per heavy atom. The summed E-state index contributed by atoms with van der Waals surface area (Å²) in [5, 5.41) is 6.21. The molecule has 1 fully saturated rings. The van der Waals surface area contributed by atoms with Gasteiger partial charge in [-0.05, 0) is 20.3 Å². The minimum atomic E-state index is -0.0733. The first-order valence-electron chi connectivity index (χ1n) is 5.34. The van der Waals surface area contributed by atoms with E-state index in [1.807, 2.05) is 4.90 Å². The summed E-state index contributed by atoms with van der Waals surface area (Å²) in [5.41, 5.74) is -0.0733. The standard InChI is InChI=1S/C10H21N3O/c1-4-5-12-9(14)13-7-6-11-8-10(13,2)3/h11H,4-8H2,1-3H3,(H,12,14). The van der Waals surface area contributed by atoms with Gasteiger partial charge in [0, 0.05) is 26.2 Å². The molecule has 4 heteroatoms. The van der Waals surface area contributed by atoms with Crippen LogP contribution in [0.5, 0.6) is 0 Å². The monoisotopic (exact) mass is 199 g/mol. The summed E-state index contributed by atoms with van der Waals surface area (Å²) in [5.74, 6) is 0. The molecule has 0 atom stereocenters. The Labute approximate surface area is 86.0 Å². The maximum Gasteiger partial charge on any atom is 0.317 e. The molecule has 1 heterocycles. The quantitative estimate of drug-likeness (QED) is 0.690. The predicted octanol–water partition coefficient (Wildman–Crippen LogP) is 0.790. The van der Waals surface area contributed by atoms with Crippen molar-refractivity contribution < 1.29 is 4.79 Å². The average molecular weight is 199 g/mol. The van der Waals surface area contributed by atoms with E-state index in [0.717, 1.165) is 32.6 Å². The number of piperazine rings is 1. The molecule has 82 valence electrons. The fraction of sp³-hybridized carbons (Fsp3) is 0.900. The first-order valence-corrected chi connectivity index (χ1v) is 5.34. The van der Waals surface area contributed by atoms with Gasteiger partial charge in [-0.1, -0.05) is 6.92 Å². The summed E-state index contributed by atoms with van der Waals surface area (Å²) in [6.07, 6.45) is 0.984. The van der Waals surface area contributed by atoms with Crippen LogP contribution < -0.4 is 10.6 Å². The fourth-order valence-corrected chi connectivity index (χ4v) is 1.69. The largest absolute Gasteiger partial charge is 0.338 e. The van der Waals surface area contributed by atoms with E-state index >= 15 is 0 Å². The minimum absolute atomic E-state index is 0.0679. The number of rotatable bonds is 2. The summed E-state index contributed by atoms with van der Waals surface area (Å²) in [4.78, 5) is 13.7. The Balaban J connectivity index is 2.51. The van der Waals surface area contributed by atoms with Crippen LogP contribution in [0.1, 0.15) is 27.2 Å². The van der Waals surface area contributed by atoms with Gasteiger partial charge in [0.25, 0.3) is 0 Å². The number of urea groups is 1. The van der Waals surface area contributed by atoms with Crippen molar-refractivity contribution in [3.8, 4) is 0 Å². The second-order valence-corrected chi connectivity index (χ2v) is 4.37. The second-order valence-electron chi connectivity index (χ2n) is 4.37. The van der Waals surface area contributed by atoms with E-state index in [1.54, 1.807) is 0 Å². The molecule has 2 amide bonds. The van der Waals surface area contributed by atoms with Crippen LogP contribution in [0.25, 0.3) is 0 Å². The van der Waals surface area contributed by atoms with E-state index < -0.39 is 0 Å². The molecule has 0 unspecified atom stereocenters. The lowest BCUT2D eigenvalue weighted by Crippen LogP contribution is -2.62. The van der Waals surface area contributed by atoms with Gasteiger partial charge in [-0.25, -0.2) is 4.79 Å². The van der Waals surface area contributed by atoms with Gasteiger partial charge in [-0.2, -0.15) is 0 Å². The molecule has 2 N–H and O–H groups in total. The number of hydrogen-bond acceptors (Lipinski definition) is 2. The van der Waals surface area contributed by atoms with Crippen LogP contribution in [0.4, 0.5) is 4.79 Å². The van der Waals surface area contributed by atoms with E-state index in [4.69, 9.17) is 0 Å². The van der Waals surface area contributed by atoms with Crippen LogP contribution in [-0.4, -0.2) is 42.6 Å². The number of amides is 2. The number of nitrogens with one attached hydrogen (secondary N) is 2. The van der Waals surface area contributed by atoms with Gasteiger partial charge in [0.1, 0.15) is 0 Å². The average Bonchev–Trinajstić information content (AvgIpc) is 2.13. The van der Waals surface area contributed by atoms with Crippen LogP contribution >= 0.6 is 0 Å². The van der Waals surface area contributed by atoms with Gasteiger partial charge in [0.2, 0.25) is 0 Å². The second kappa shape index (κ2) is 4.64. The Morgan fingerprint density at radius 2 is 2.29 bits per heavy atom. The van der Waals surface area contributed by atoms with Gasteiger partial charge in [0.05, 0.1) is 5.54 Å². The fourth-order valence-electron chi connectivity index (χ4n) is 1.69. The van der Waals surface area contributed by atoms with E-state index in [2.05, 4.69) is 31.4 Å². The Morgan fingerprint density at radius 3 is 2.86 bits per heavy atom. The van der Waals surface area contributed by atoms with Gasteiger partial charge >= 0.3 is 6.03 Å². The number of carbonyl (C=O) groups is 1. The van der Waals surface area contributed by atoms with Crippen LogP contribution in [-0.2, 0) is 0 Å². The molecule has 1 rings (SSSR count). The van der Waals surface area contributed by atoms with E-state index in [-0.39, 0.29) is 11.6 Å².